The first-order chi connectivity index (χ1) is 14.2. The van der Waals surface area contributed by atoms with E-state index in [1.54, 1.807) is 22.4 Å². The highest BCUT2D eigenvalue weighted by Crippen LogP contribution is 2.12. The fraction of sp³-hybridized carbons (Fsp3) is 0.0870. The van der Waals surface area contributed by atoms with Crippen molar-refractivity contribution in [3.05, 3.63) is 91.0 Å². The average molecular weight is 384 g/mol. The summed E-state index contributed by atoms with van der Waals surface area (Å²) in [4.78, 5) is 0. The zero-order valence-corrected chi connectivity index (χ0v) is 16.6. The van der Waals surface area contributed by atoms with Crippen LogP contribution in [-0.4, -0.2) is 32.2 Å². The van der Waals surface area contributed by atoms with Crippen LogP contribution in [0.3, 0.4) is 0 Å². The van der Waals surface area contributed by atoms with Crippen molar-refractivity contribution >= 4 is 35.2 Å². The number of nitrogens with one attached hydrogen (secondary N) is 1. The molecular weight excluding hydrogens is 360 g/mol. The van der Waals surface area contributed by atoms with Crippen molar-refractivity contribution in [3.63, 3.8) is 0 Å². The van der Waals surface area contributed by atoms with E-state index in [1.807, 2.05) is 105 Å². The molecular formula is C23H24N6. The zero-order chi connectivity index (χ0) is 20.3. The van der Waals surface area contributed by atoms with Gasteiger partial charge in [-0.25, -0.2) is 0 Å². The summed E-state index contributed by atoms with van der Waals surface area (Å²) < 4.78 is 0. The van der Waals surface area contributed by atoms with Crippen molar-refractivity contribution in [2.45, 2.75) is 0 Å². The number of hydrazone groups is 3. The standard InChI is InChI=1S/C23H24N6/c1-28(22-14-8-4-9-15-22)25-19-21(18-24-26-20-12-6-3-7-13-20)27-29(2)23-16-10-5-11-17-23/h3-19,26H,1-2H3/b24-18-,25-19-,27-21-. The molecule has 0 bridgehead atoms. The molecule has 0 aromatic heterocycles. The van der Waals surface area contributed by atoms with Gasteiger partial charge >= 0.3 is 0 Å². The van der Waals surface area contributed by atoms with E-state index in [-0.39, 0.29) is 0 Å². The van der Waals surface area contributed by atoms with Gasteiger partial charge in [0.25, 0.3) is 0 Å². The van der Waals surface area contributed by atoms with Crippen molar-refractivity contribution in [3.8, 4) is 0 Å². The second-order valence-electron chi connectivity index (χ2n) is 6.22. The van der Waals surface area contributed by atoms with E-state index in [9.17, 15) is 0 Å². The summed E-state index contributed by atoms with van der Waals surface area (Å²) >= 11 is 0. The lowest BCUT2D eigenvalue weighted by Gasteiger charge is -2.14. The van der Waals surface area contributed by atoms with E-state index in [4.69, 9.17) is 0 Å². The third-order valence-corrected chi connectivity index (χ3v) is 4.05. The Labute approximate surface area is 171 Å². The molecule has 0 aliphatic rings. The summed E-state index contributed by atoms with van der Waals surface area (Å²) in [5.74, 6) is 0. The van der Waals surface area contributed by atoms with Gasteiger partial charge in [-0.3, -0.25) is 15.4 Å². The Morgan fingerprint density at radius 2 is 1.21 bits per heavy atom. The largest absolute Gasteiger partial charge is 0.278 e. The molecule has 6 nitrogen and oxygen atoms in total. The van der Waals surface area contributed by atoms with Crippen LogP contribution in [0.4, 0.5) is 17.1 Å². The van der Waals surface area contributed by atoms with Gasteiger partial charge < -0.3 is 0 Å². The Morgan fingerprint density at radius 3 is 1.79 bits per heavy atom. The summed E-state index contributed by atoms with van der Waals surface area (Å²) in [7, 11) is 3.78. The Bertz CT molecular complexity index is 952. The molecule has 0 amide bonds. The first kappa shape index (κ1) is 19.8. The molecule has 29 heavy (non-hydrogen) atoms. The molecule has 0 unspecified atom stereocenters. The minimum absolute atomic E-state index is 0.600. The highest BCUT2D eigenvalue weighted by molar-refractivity contribution is 6.56. The Hall–Kier alpha value is -3.93. The second-order valence-corrected chi connectivity index (χ2v) is 6.22. The normalized spacial score (nSPS) is 11.7. The number of para-hydroxylation sites is 3. The summed E-state index contributed by atoms with van der Waals surface area (Å²) in [5, 5.41) is 17.0. The molecule has 3 rings (SSSR count). The maximum absolute atomic E-state index is 4.63. The molecule has 0 spiro atoms. The first-order valence-corrected chi connectivity index (χ1v) is 9.26. The zero-order valence-electron chi connectivity index (χ0n) is 16.6. The van der Waals surface area contributed by atoms with E-state index in [0.29, 0.717) is 5.71 Å². The molecule has 0 heterocycles. The van der Waals surface area contributed by atoms with Gasteiger partial charge in [-0.05, 0) is 36.4 Å². The lowest BCUT2D eigenvalue weighted by Crippen LogP contribution is -2.17. The molecule has 3 aromatic rings. The third kappa shape index (κ3) is 6.32. The number of anilines is 3. The molecule has 0 saturated heterocycles. The van der Waals surface area contributed by atoms with Gasteiger partial charge in [-0.1, -0.05) is 54.6 Å². The minimum atomic E-state index is 0.600. The Kier molecular flexibility index (Phi) is 7.12. The van der Waals surface area contributed by atoms with Crippen molar-refractivity contribution < 1.29 is 0 Å². The maximum Gasteiger partial charge on any atom is 0.124 e. The van der Waals surface area contributed by atoms with E-state index >= 15 is 0 Å². The topological polar surface area (TPSA) is 55.6 Å². The lowest BCUT2D eigenvalue weighted by molar-refractivity contribution is 1.02. The predicted octanol–water partition coefficient (Wildman–Crippen LogP) is 4.70. The molecule has 0 saturated carbocycles. The van der Waals surface area contributed by atoms with Gasteiger partial charge in [0.05, 0.1) is 29.5 Å². The van der Waals surface area contributed by atoms with Crippen LogP contribution in [0.5, 0.6) is 0 Å². The van der Waals surface area contributed by atoms with Crippen LogP contribution in [0.25, 0.3) is 0 Å². The number of hydrogen-bond donors (Lipinski definition) is 1. The number of rotatable bonds is 8. The van der Waals surface area contributed by atoms with Gasteiger partial charge in [-0.2, -0.15) is 15.3 Å². The summed E-state index contributed by atoms with van der Waals surface area (Å²) in [6, 6.07) is 29.6. The number of benzene rings is 3. The fourth-order valence-electron chi connectivity index (χ4n) is 2.50. The van der Waals surface area contributed by atoms with Gasteiger partial charge in [0, 0.05) is 14.1 Å². The van der Waals surface area contributed by atoms with E-state index < -0.39 is 0 Å². The average Bonchev–Trinajstić information content (AvgIpc) is 2.79. The molecule has 146 valence electrons. The number of nitrogens with zero attached hydrogens (tertiary/aromatic N) is 5. The van der Waals surface area contributed by atoms with Crippen LogP contribution in [0.1, 0.15) is 0 Å². The van der Waals surface area contributed by atoms with Crippen molar-refractivity contribution in [2.24, 2.45) is 15.3 Å². The Balaban J connectivity index is 1.78. The highest BCUT2D eigenvalue weighted by Gasteiger charge is 2.01. The van der Waals surface area contributed by atoms with Crippen LogP contribution < -0.4 is 15.4 Å². The highest BCUT2D eigenvalue weighted by atomic mass is 15.5. The maximum atomic E-state index is 4.63. The number of hydrogen-bond acceptors (Lipinski definition) is 6. The molecule has 0 aliphatic heterocycles. The third-order valence-electron chi connectivity index (χ3n) is 4.05. The molecule has 6 heteroatoms. The van der Waals surface area contributed by atoms with Crippen molar-refractivity contribution in [1.29, 1.82) is 0 Å². The molecule has 1 N–H and O–H groups in total. The van der Waals surface area contributed by atoms with Crippen LogP contribution in [0.15, 0.2) is 106 Å². The minimum Gasteiger partial charge on any atom is -0.278 e. The lowest BCUT2D eigenvalue weighted by atomic mass is 10.3. The van der Waals surface area contributed by atoms with Crippen LogP contribution >= 0.6 is 0 Å². The van der Waals surface area contributed by atoms with Crippen molar-refractivity contribution in [1.82, 2.24) is 0 Å². The van der Waals surface area contributed by atoms with E-state index in [0.717, 1.165) is 17.1 Å². The molecule has 0 fully saturated rings. The molecule has 0 atom stereocenters. The summed E-state index contributed by atoms with van der Waals surface area (Å²) in [5.41, 5.74) is 6.46. The smallest absolute Gasteiger partial charge is 0.124 e. The van der Waals surface area contributed by atoms with Gasteiger partial charge in [-0.15, -0.1) is 0 Å². The first-order valence-electron chi connectivity index (χ1n) is 9.26. The van der Waals surface area contributed by atoms with Gasteiger partial charge in [0.15, 0.2) is 0 Å². The predicted molar refractivity (Wildman–Crippen MR) is 124 cm³/mol. The summed E-state index contributed by atoms with van der Waals surface area (Å²) in [6.45, 7) is 0. The molecule has 0 radical (unpaired) electrons. The van der Waals surface area contributed by atoms with E-state index in [1.165, 1.54) is 0 Å². The monoisotopic (exact) mass is 384 g/mol. The summed E-state index contributed by atoms with van der Waals surface area (Å²) in [6.07, 6.45) is 3.33. The quantitative estimate of drug-likeness (QED) is 0.452. The molecule has 0 aliphatic carbocycles. The second kappa shape index (κ2) is 10.4. The van der Waals surface area contributed by atoms with Crippen molar-refractivity contribution in [2.75, 3.05) is 29.5 Å². The van der Waals surface area contributed by atoms with Crippen LogP contribution in [0.2, 0.25) is 0 Å². The van der Waals surface area contributed by atoms with Gasteiger partial charge in [0.2, 0.25) is 0 Å². The fourth-order valence-corrected chi connectivity index (χ4v) is 2.50. The van der Waals surface area contributed by atoms with Crippen LogP contribution in [0, 0.1) is 0 Å². The SMILES string of the molecule is CN(\N=C/C(/C=N\Nc1ccccc1)=N\N(C)c1ccccc1)c1ccccc1. The van der Waals surface area contributed by atoms with Crippen LogP contribution in [-0.2, 0) is 0 Å². The Morgan fingerprint density at radius 1 is 0.690 bits per heavy atom. The van der Waals surface area contributed by atoms with Gasteiger partial charge in [0.1, 0.15) is 5.71 Å². The van der Waals surface area contributed by atoms with E-state index in [2.05, 4.69) is 20.7 Å². The molecule has 3 aromatic carbocycles.